The van der Waals surface area contributed by atoms with E-state index in [0.29, 0.717) is 29.1 Å². The number of rotatable bonds is 7. The molecule has 7 nitrogen and oxygen atoms in total. The molecule has 1 aromatic carbocycles. The van der Waals surface area contributed by atoms with Gasteiger partial charge < -0.3 is 24.3 Å². The zero-order valence-corrected chi connectivity index (χ0v) is 16.7. The number of methoxy groups -OCH3 is 3. The summed E-state index contributed by atoms with van der Waals surface area (Å²) in [7, 11) is 4.41. The van der Waals surface area contributed by atoms with Gasteiger partial charge in [-0.3, -0.25) is 4.79 Å². The van der Waals surface area contributed by atoms with Gasteiger partial charge in [0.05, 0.1) is 26.9 Å². The Hall–Kier alpha value is -2.44. The van der Waals surface area contributed by atoms with E-state index in [4.69, 9.17) is 18.9 Å². The number of carbonyl (C=O) groups is 2. The second-order valence-corrected chi connectivity index (χ2v) is 6.93. The van der Waals surface area contributed by atoms with Crippen molar-refractivity contribution in [2.75, 3.05) is 27.9 Å². The minimum absolute atomic E-state index is 0.126. The molecule has 27 heavy (non-hydrogen) atoms. The van der Waals surface area contributed by atoms with Gasteiger partial charge in [0.15, 0.2) is 18.1 Å². The molecule has 3 atom stereocenters. The van der Waals surface area contributed by atoms with Crippen LogP contribution in [-0.2, 0) is 9.53 Å². The van der Waals surface area contributed by atoms with Crippen molar-refractivity contribution in [1.29, 1.82) is 0 Å². The lowest BCUT2D eigenvalue weighted by Gasteiger charge is -2.34. The summed E-state index contributed by atoms with van der Waals surface area (Å²) in [5.74, 6) is 1.14. The average Bonchev–Trinajstić information content (AvgIpc) is 2.68. The first kappa shape index (κ1) is 20.9. The fraction of sp³-hybridized carbons (Fsp3) is 0.600. The van der Waals surface area contributed by atoms with Crippen molar-refractivity contribution in [2.45, 2.75) is 39.2 Å². The highest BCUT2D eigenvalue weighted by Gasteiger charge is 2.28. The Morgan fingerprint density at radius 3 is 2.22 bits per heavy atom. The van der Waals surface area contributed by atoms with E-state index in [9.17, 15) is 9.59 Å². The van der Waals surface area contributed by atoms with Crippen LogP contribution in [0.4, 0.5) is 0 Å². The van der Waals surface area contributed by atoms with Crippen LogP contribution in [0.1, 0.15) is 43.5 Å². The molecule has 1 N–H and O–H groups in total. The Bertz CT molecular complexity index is 649. The Balaban J connectivity index is 1.98. The minimum atomic E-state index is -0.630. The standard InChI is InChI=1S/C20H29NO6/c1-12-7-6-8-15(13(12)2)21-18(22)11-27-20(23)14-9-16(24-3)19(26-5)17(10-14)25-4/h9-10,12-13,15H,6-8,11H2,1-5H3,(H,21,22)/t12-,13+,15+/m0/s1. The largest absolute Gasteiger partial charge is 0.493 e. The molecule has 0 aromatic heterocycles. The normalized spacial score (nSPS) is 21.9. The van der Waals surface area contributed by atoms with Crippen molar-refractivity contribution in [1.82, 2.24) is 5.32 Å². The van der Waals surface area contributed by atoms with Crippen molar-refractivity contribution in [3.05, 3.63) is 17.7 Å². The SMILES string of the molecule is COc1cc(C(=O)OCC(=O)N[C@@H]2CCC[C@H](C)[C@H]2C)cc(OC)c1OC. The van der Waals surface area contributed by atoms with Crippen molar-refractivity contribution in [3.63, 3.8) is 0 Å². The number of hydrogen-bond donors (Lipinski definition) is 1. The number of esters is 1. The lowest BCUT2D eigenvalue weighted by atomic mass is 9.78. The van der Waals surface area contributed by atoms with Gasteiger partial charge in [0.2, 0.25) is 5.75 Å². The highest BCUT2D eigenvalue weighted by Crippen LogP contribution is 2.38. The number of hydrogen-bond acceptors (Lipinski definition) is 6. The zero-order valence-electron chi connectivity index (χ0n) is 16.7. The van der Waals surface area contributed by atoms with Crippen LogP contribution >= 0.6 is 0 Å². The van der Waals surface area contributed by atoms with E-state index in [1.54, 1.807) is 0 Å². The van der Waals surface area contributed by atoms with Gasteiger partial charge in [-0.15, -0.1) is 0 Å². The second kappa shape index (κ2) is 9.48. The van der Waals surface area contributed by atoms with E-state index < -0.39 is 5.97 Å². The predicted molar refractivity (Wildman–Crippen MR) is 100 cm³/mol. The fourth-order valence-corrected chi connectivity index (χ4v) is 3.45. The van der Waals surface area contributed by atoms with E-state index in [-0.39, 0.29) is 24.1 Å². The van der Waals surface area contributed by atoms with Gasteiger partial charge in [-0.25, -0.2) is 4.79 Å². The van der Waals surface area contributed by atoms with Crippen LogP contribution in [0.2, 0.25) is 0 Å². The molecule has 0 unspecified atom stereocenters. The molecular weight excluding hydrogens is 350 g/mol. The van der Waals surface area contributed by atoms with E-state index >= 15 is 0 Å². The van der Waals surface area contributed by atoms with Crippen LogP contribution in [0.15, 0.2) is 12.1 Å². The van der Waals surface area contributed by atoms with Gasteiger partial charge in [-0.2, -0.15) is 0 Å². The fourth-order valence-electron chi connectivity index (χ4n) is 3.45. The van der Waals surface area contributed by atoms with Crippen LogP contribution in [0.5, 0.6) is 17.2 Å². The van der Waals surface area contributed by atoms with E-state index in [1.165, 1.54) is 39.9 Å². The molecule has 0 spiro atoms. The lowest BCUT2D eigenvalue weighted by Crippen LogP contribution is -2.45. The summed E-state index contributed by atoms with van der Waals surface area (Å²) in [6, 6.07) is 3.11. The highest BCUT2D eigenvalue weighted by molar-refractivity contribution is 5.92. The maximum atomic E-state index is 12.3. The third-order valence-corrected chi connectivity index (χ3v) is 5.29. The molecule has 0 heterocycles. The average molecular weight is 379 g/mol. The molecule has 0 saturated heterocycles. The van der Waals surface area contributed by atoms with Gasteiger partial charge in [0, 0.05) is 6.04 Å². The summed E-state index contributed by atoms with van der Waals surface area (Å²) in [5.41, 5.74) is 0.219. The van der Waals surface area contributed by atoms with Crippen LogP contribution in [0.25, 0.3) is 0 Å². The predicted octanol–water partition coefficient (Wildman–Crippen LogP) is 2.81. The van der Waals surface area contributed by atoms with Gasteiger partial charge >= 0.3 is 5.97 Å². The summed E-state index contributed by atoms with van der Waals surface area (Å²) >= 11 is 0. The molecule has 2 rings (SSSR count). The second-order valence-electron chi connectivity index (χ2n) is 6.93. The molecule has 1 amide bonds. The third-order valence-electron chi connectivity index (χ3n) is 5.29. The number of benzene rings is 1. The summed E-state index contributed by atoms with van der Waals surface area (Å²) in [4.78, 5) is 24.5. The quantitative estimate of drug-likeness (QED) is 0.734. The molecule has 1 aliphatic rings. The number of amides is 1. The van der Waals surface area contributed by atoms with E-state index in [0.717, 1.165) is 12.8 Å². The lowest BCUT2D eigenvalue weighted by molar-refractivity contribution is -0.125. The van der Waals surface area contributed by atoms with Crippen LogP contribution < -0.4 is 19.5 Å². The van der Waals surface area contributed by atoms with Crippen molar-refractivity contribution in [3.8, 4) is 17.2 Å². The molecular formula is C20H29NO6. The van der Waals surface area contributed by atoms with Crippen LogP contribution in [0.3, 0.4) is 0 Å². The maximum Gasteiger partial charge on any atom is 0.338 e. The van der Waals surface area contributed by atoms with Crippen LogP contribution in [-0.4, -0.2) is 45.9 Å². The van der Waals surface area contributed by atoms with Gasteiger partial charge in [-0.1, -0.05) is 26.7 Å². The van der Waals surface area contributed by atoms with Crippen molar-refractivity contribution in [2.24, 2.45) is 11.8 Å². The Labute approximate surface area is 160 Å². The number of nitrogens with one attached hydrogen (secondary N) is 1. The van der Waals surface area contributed by atoms with Crippen molar-refractivity contribution >= 4 is 11.9 Å². The number of carbonyl (C=O) groups excluding carboxylic acids is 2. The Morgan fingerprint density at radius 1 is 1.04 bits per heavy atom. The first-order valence-corrected chi connectivity index (χ1v) is 9.17. The molecule has 150 valence electrons. The molecule has 0 radical (unpaired) electrons. The summed E-state index contributed by atoms with van der Waals surface area (Å²) < 4.78 is 20.8. The third kappa shape index (κ3) is 5.05. The first-order chi connectivity index (χ1) is 12.9. The van der Waals surface area contributed by atoms with Gasteiger partial charge in [0.1, 0.15) is 0 Å². The van der Waals surface area contributed by atoms with Crippen LogP contribution in [0, 0.1) is 11.8 Å². The molecule has 7 heteroatoms. The Morgan fingerprint density at radius 2 is 1.67 bits per heavy atom. The van der Waals surface area contributed by atoms with Crippen molar-refractivity contribution < 1.29 is 28.5 Å². The molecule has 0 bridgehead atoms. The molecule has 1 aromatic rings. The highest BCUT2D eigenvalue weighted by atomic mass is 16.5. The smallest absolute Gasteiger partial charge is 0.338 e. The first-order valence-electron chi connectivity index (χ1n) is 9.17. The molecule has 0 aliphatic heterocycles. The monoisotopic (exact) mass is 379 g/mol. The minimum Gasteiger partial charge on any atom is -0.493 e. The number of ether oxygens (including phenoxy) is 4. The summed E-state index contributed by atoms with van der Waals surface area (Å²) in [6.45, 7) is 4.03. The van der Waals surface area contributed by atoms with Gasteiger partial charge in [-0.05, 0) is 30.4 Å². The maximum absolute atomic E-state index is 12.3. The topological polar surface area (TPSA) is 83.1 Å². The Kier molecular flexibility index (Phi) is 7.33. The molecule has 1 saturated carbocycles. The summed E-state index contributed by atoms with van der Waals surface area (Å²) in [6.07, 6.45) is 3.24. The zero-order chi connectivity index (χ0) is 20.0. The molecule has 1 fully saturated rings. The van der Waals surface area contributed by atoms with Gasteiger partial charge in [0.25, 0.3) is 5.91 Å². The van der Waals surface area contributed by atoms with E-state index in [2.05, 4.69) is 19.2 Å². The summed E-state index contributed by atoms with van der Waals surface area (Å²) in [5, 5.41) is 2.98. The molecule has 1 aliphatic carbocycles. The van der Waals surface area contributed by atoms with E-state index in [1.807, 2.05) is 0 Å².